The molecule has 2 aromatic carbocycles. The van der Waals surface area contributed by atoms with Gasteiger partial charge in [-0.25, -0.2) is 8.42 Å². The Balaban J connectivity index is 2.02. The van der Waals surface area contributed by atoms with E-state index in [1.54, 1.807) is 42.5 Å². The second kappa shape index (κ2) is 9.59. The van der Waals surface area contributed by atoms with E-state index >= 15 is 0 Å². The van der Waals surface area contributed by atoms with Crippen molar-refractivity contribution in [3.63, 3.8) is 0 Å². The molecule has 2 rings (SSSR count). The SMILES string of the molecule is C=CCOc1cccc(NC(=O)CN(C)S(=O)(=O)c2ccc(SC)cc2)c1. The first kappa shape index (κ1) is 21.0. The largest absolute Gasteiger partial charge is 0.489 e. The molecule has 0 bridgehead atoms. The smallest absolute Gasteiger partial charge is 0.243 e. The predicted molar refractivity (Wildman–Crippen MR) is 109 cm³/mol. The zero-order valence-corrected chi connectivity index (χ0v) is 16.8. The summed E-state index contributed by atoms with van der Waals surface area (Å²) >= 11 is 1.53. The fraction of sp³-hybridized carbons (Fsp3) is 0.211. The molecule has 0 aromatic heterocycles. The first-order valence-electron chi connectivity index (χ1n) is 8.11. The van der Waals surface area contributed by atoms with E-state index in [0.717, 1.165) is 9.20 Å². The van der Waals surface area contributed by atoms with Crippen molar-refractivity contribution in [3.8, 4) is 5.75 Å². The minimum atomic E-state index is -3.74. The van der Waals surface area contributed by atoms with Crippen molar-refractivity contribution in [2.75, 3.05) is 31.8 Å². The number of anilines is 1. The molecule has 0 fully saturated rings. The highest BCUT2D eigenvalue weighted by molar-refractivity contribution is 7.98. The molecule has 6 nitrogen and oxygen atoms in total. The van der Waals surface area contributed by atoms with E-state index in [2.05, 4.69) is 11.9 Å². The molecule has 1 N–H and O–H groups in total. The summed E-state index contributed by atoms with van der Waals surface area (Å²) in [7, 11) is -2.37. The van der Waals surface area contributed by atoms with Gasteiger partial charge in [0.15, 0.2) is 0 Å². The molecule has 0 radical (unpaired) electrons. The maximum Gasteiger partial charge on any atom is 0.243 e. The summed E-state index contributed by atoms with van der Waals surface area (Å²) in [6.07, 6.45) is 3.54. The van der Waals surface area contributed by atoms with Crippen LogP contribution in [-0.4, -0.2) is 45.1 Å². The van der Waals surface area contributed by atoms with Crippen LogP contribution in [0.5, 0.6) is 5.75 Å². The molecule has 0 atom stereocenters. The van der Waals surface area contributed by atoms with Crippen LogP contribution in [0.2, 0.25) is 0 Å². The zero-order chi connectivity index (χ0) is 19.9. The number of sulfonamides is 1. The molecule has 0 aliphatic rings. The van der Waals surface area contributed by atoms with Gasteiger partial charge in [-0.3, -0.25) is 4.79 Å². The van der Waals surface area contributed by atoms with Crippen molar-refractivity contribution in [2.24, 2.45) is 0 Å². The lowest BCUT2D eigenvalue weighted by molar-refractivity contribution is -0.116. The van der Waals surface area contributed by atoms with E-state index in [1.807, 2.05) is 6.26 Å². The van der Waals surface area contributed by atoms with E-state index < -0.39 is 15.9 Å². The summed E-state index contributed by atoms with van der Waals surface area (Å²) in [5, 5.41) is 2.68. The molecule has 0 saturated carbocycles. The summed E-state index contributed by atoms with van der Waals surface area (Å²) in [6.45, 7) is 3.63. The first-order chi connectivity index (χ1) is 12.9. The Morgan fingerprint density at radius 1 is 1.26 bits per heavy atom. The van der Waals surface area contributed by atoms with E-state index in [4.69, 9.17) is 4.74 Å². The minimum absolute atomic E-state index is 0.149. The van der Waals surface area contributed by atoms with E-state index in [9.17, 15) is 13.2 Å². The number of nitrogens with one attached hydrogen (secondary N) is 1. The summed E-state index contributed by atoms with van der Waals surface area (Å²) in [4.78, 5) is 13.4. The Labute approximate surface area is 164 Å². The summed E-state index contributed by atoms with van der Waals surface area (Å²) in [6, 6.07) is 13.4. The molecule has 0 aliphatic carbocycles. The standard InChI is InChI=1S/C19H22N2O4S2/c1-4-12-25-16-7-5-6-15(13-16)20-19(22)14-21(2)27(23,24)18-10-8-17(26-3)9-11-18/h4-11,13H,1,12,14H2,2-3H3,(H,20,22). The molecular weight excluding hydrogens is 384 g/mol. The van der Waals surface area contributed by atoms with Gasteiger partial charge in [-0.15, -0.1) is 11.8 Å². The van der Waals surface area contributed by atoms with Crippen LogP contribution in [-0.2, 0) is 14.8 Å². The normalized spacial score (nSPS) is 11.2. The van der Waals surface area contributed by atoms with Gasteiger partial charge in [0.05, 0.1) is 11.4 Å². The number of ether oxygens (including phenoxy) is 1. The minimum Gasteiger partial charge on any atom is -0.489 e. The third-order valence-electron chi connectivity index (χ3n) is 3.62. The summed E-state index contributed by atoms with van der Waals surface area (Å²) < 4.78 is 31.6. The first-order valence-corrected chi connectivity index (χ1v) is 10.8. The van der Waals surface area contributed by atoms with Gasteiger partial charge in [0.1, 0.15) is 12.4 Å². The molecule has 27 heavy (non-hydrogen) atoms. The van der Waals surface area contributed by atoms with Gasteiger partial charge in [0.2, 0.25) is 15.9 Å². The van der Waals surface area contributed by atoms with Crippen molar-refractivity contribution < 1.29 is 17.9 Å². The lowest BCUT2D eigenvalue weighted by Gasteiger charge is -2.17. The fourth-order valence-corrected chi connectivity index (χ4v) is 3.77. The van der Waals surface area contributed by atoms with Gasteiger partial charge in [-0.1, -0.05) is 18.7 Å². The molecule has 0 spiro atoms. The molecular formula is C19H22N2O4S2. The molecule has 0 saturated heterocycles. The number of rotatable bonds is 9. The summed E-state index contributed by atoms with van der Waals surface area (Å²) in [5.74, 6) is 0.144. The van der Waals surface area contributed by atoms with Crippen molar-refractivity contribution in [1.29, 1.82) is 0 Å². The number of hydrogen-bond acceptors (Lipinski definition) is 5. The average molecular weight is 407 g/mol. The van der Waals surface area contributed by atoms with Gasteiger partial charge in [0, 0.05) is 23.7 Å². The number of carbonyl (C=O) groups excluding carboxylic acids is 1. The number of nitrogens with zero attached hydrogens (tertiary/aromatic N) is 1. The zero-order valence-electron chi connectivity index (χ0n) is 15.2. The molecule has 8 heteroatoms. The lowest BCUT2D eigenvalue weighted by Crippen LogP contribution is -2.34. The number of thioether (sulfide) groups is 1. The molecule has 0 aliphatic heterocycles. The predicted octanol–water partition coefficient (Wildman–Crippen LogP) is 3.23. The van der Waals surface area contributed by atoms with Gasteiger partial charge in [-0.2, -0.15) is 4.31 Å². The van der Waals surface area contributed by atoms with Crippen LogP contribution in [0, 0.1) is 0 Å². The van der Waals surface area contributed by atoms with Crippen LogP contribution >= 0.6 is 11.8 Å². The number of amides is 1. The Morgan fingerprint density at radius 3 is 2.59 bits per heavy atom. The average Bonchev–Trinajstić information content (AvgIpc) is 2.66. The van der Waals surface area contributed by atoms with Gasteiger partial charge < -0.3 is 10.1 Å². The van der Waals surface area contributed by atoms with Crippen LogP contribution in [0.15, 0.2) is 71.0 Å². The van der Waals surface area contributed by atoms with Crippen LogP contribution in [0.3, 0.4) is 0 Å². The van der Waals surface area contributed by atoms with E-state index in [0.29, 0.717) is 18.0 Å². The van der Waals surface area contributed by atoms with Crippen molar-refractivity contribution >= 4 is 33.4 Å². The number of carbonyl (C=O) groups is 1. The highest BCUT2D eigenvalue weighted by Crippen LogP contribution is 2.20. The Hall–Kier alpha value is -2.29. The highest BCUT2D eigenvalue weighted by atomic mass is 32.2. The maximum absolute atomic E-state index is 12.6. The van der Waals surface area contributed by atoms with E-state index in [1.165, 1.54) is 30.9 Å². The lowest BCUT2D eigenvalue weighted by atomic mass is 10.3. The second-order valence-electron chi connectivity index (χ2n) is 5.61. The van der Waals surface area contributed by atoms with Gasteiger partial charge in [0.25, 0.3) is 0 Å². The van der Waals surface area contributed by atoms with Crippen LogP contribution in [0.25, 0.3) is 0 Å². The molecule has 144 valence electrons. The Kier molecular flexibility index (Phi) is 7.46. The number of hydrogen-bond donors (Lipinski definition) is 1. The van der Waals surface area contributed by atoms with Gasteiger partial charge >= 0.3 is 0 Å². The quantitative estimate of drug-likeness (QED) is 0.511. The van der Waals surface area contributed by atoms with Crippen LogP contribution in [0.4, 0.5) is 5.69 Å². The Bertz CT molecular complexity index is 896. The monoisotopic (exact) mass is 406 g/mol. The van der Waals surface area contributed by atoms with Gasteiger partial charge in [-0.05, 0) is 42.7 Å². The second-order valence-corrected chi connectivity index (χ2v) is 8.54. The van der Waals surface area contributed by atoms with E-state index in [-0.39, 0.29) is 11.4 Å². The van der Waals surface area contributed by atoms with Crippen LogP contribution in [0.1, 0.15) is 0 Å². The summed E-state index contributed by atoms with van der Waals surface area (Å²) in [5.41, 5.74) is 0.525. The van der Waals surface area contributed by atoms with Crippen molar-refractivity contribution in [1.82, 2.24) is 4.31 Å². The topological polar surface area (TPSA) is 75.7 Å². The Morgan fingerprint density at radius 2 is 1.96 bits per heavy atom. The third kappa shape index (κ3) is 5.85. The van der Waals surface area contributed by atoms with Crippen LogP contribution < -0.4 is 10.1 Å². The third-order valence-corrected chi connectivity index (χ3v) is 6.18. The maximum atomic E-state index is 12.6. The van der Waals surface area contributed by atoms with Crippen molar-refractivity contribution in [3.05, 3.63) is 61.2 Å². The highest BCUT2D eigenvalue weighted by Gasteiger charge is 2.23. The molecule has 0 unspecified atom stereocenters. The van der Waals surface area contributed by atoms with Crippen molar-refractivity contribution in [2.45, 2.75) is 9.79 Å². The molecule has 2 aromatic rings. The number of benzene rings is 2. The fourth-order valence-electron chi connectivity index (χ4n) is 2.23. The number of likely N-dealkylation sites (N-methyl/N-ethyl adjacent to an activating group) is 1. The molecule has 1 amide bonds. The molecule has 0 heterocycles.